The number of ether oxygens (including phenoxy) is 2. The lowest BCUT2D eigenvalue weighted by atomic mass is 10.1. The third-order valence-corrected chi connectivity index (χ3v) is 4.64. The highest BCUT2D eigenvalue weighted by Gasteiger charge is 2.05. The number of H-pyrrole nitrogens is 1. The number of aromatic nitrogens is 5. The maximum absolute atomic E-state index is 5.82. The number of nitrogens with one attached hydrogen (secondary N) is 1. The minimum absolute atomic E-state index is 0.404. The molecule has 0 spiro atoms. The predicted octanol–water partition coefficient (Wildman–Crippen LogP) is 4.47. The molecule has 31 heavy (non-hydrogen) atoms. The van der Waals surface area contributed by atoms with Crippen LogP contribution in [0.3, 0.4) is 0 Å². The van der Waals surface area contributed by atoms with Crippen molar-refractivity contribution in [3.63, 3.8) is 0 Å². The molecule has 0 radical (unpaired) electrons. The zero-order valence-corrected chi connectivity index (χ0v) is 17.4. The lowest BCUT2D eigenvalue weighted by Gasteiger charge is -2.09. The molecule has 0 saturated carbocycles. The minimum atomic E-state index is 0.404. The standard InChI is InChI=1S/C24H23N5O2/c1-29-14-13-26-24(29)11-9-20-15-19(27-28-20)8-6-18-7-10-22(16-23(18)30-2)31-17-21-5-3-4-12-25-21/h3-16H,17H2,1-2H3,(H,27,28)/b8-6?,11-9+. The molecule has 4 aromatic rings. The number of hydrogen-bond donors (Lipinski definition) is 1. The smallest absolute Gasteiger partial charge is 0.132 e. The van der Waals surface area contributed by atoms with E-state index in [2.05, 4.69) is 20.2 Å². The summed E-state index contributed by atoms with van der Waals surface area (Å²) < 4.78 is 13.3. The van der Waals surface area contributed by atoms with E-state index >= 15 is 0 Å². The topological polar surface area (TPSA) is 77.9 Å². The summed E-state index contributed by atoms with van der Waals surface area (Å²) in [5.74, 6) is 2.32. The van der Waals surface area contributed by atoms with Gasteiger partial charge in [-0.2, -0.15) is 5.10 Å². The zero-order chi connectivity index (χ0) is 21.5. The summed E-state index contributed by atoms with van der Waals surface area (Å²) in [6.45, 7) is 0.404. The second kappa shape index (κ2) is 9.58. The molecule has 0 atom stereocenters. The van der Waals surface area contributed by atoms with E-state index < -0.39 is 0 Å². The fourth-order valence-corrected chi connectivity index (χ4v) is 2.96. The number of aromatic amines is 1. The molecule has 3 aromatic heterocycles. The number of hydrogen-bond acceptors (Lipinski definition) is 5. The quantitative estimate of drug-likeness (QED) is 0.461. The van der Waals surface area contributed by atoms with Gasteiger partial charge in [0, 0.05) is 37.3 Å². The van der Waals surface area contributed by atoms with Crippen molar-refractivity contribution in [2.75, 3.05) is 7.11 Å². The Kier molecular flexibility index (Phi) is 6.23. The Balaban J connectivity index is 1.42. The monoisotopic (exact) mass is 413 g/mol. The molecule has 7 heteroatoms. The molecule has 0 aliphatic rings. The molecular weight excluding hydrogens is 390 g/mol. The molecule has 0 amide bonds. The molecule has 0 aliphatic heterocycles. The van der Waals surface area contributed by atoms with E-state index in [0.717, 1.165) is 40.0 Å². The maximum atomic E-state index is 5.82. The largest absolute Gasteiger partial charge is 0.496 e. The van der Waals surface area contributed by atoms with Crippen molar-refractivity contribution in [1.29, 1.82) is 0 Å². The molecule has 0 fully saturated rings. The number of imidazole rings is 1. The average molecular weight is 413 g/mol. The molecule has 1 aromatic carbocycles. The van der Waals surface area contributed by atoms with Gasteiger partial charge < -0.3 is 14.0 Å². The van der Waals surface area contributed by atoms with Crippen LogP contribution in [0, 0.1) is 0 Å². The average Bonchev–Trinajstić information content (AvgIpc) is 3.44. The van der Waals surface area contributed by atoms with E-state index in [0.29, 0.717) is 6.61 Å². The molecule has 0 bridgehead atoms. The molecule has 0 unspecified atom stereocenters. The number of nitrogens with zero attached hydrogens (tertiary/aromatic N) is 4. The summed E-state index contributed by atoms with van der Waals surface area (Å²) in [6, 6.07) is 13.5. The fourth-order valence-electron chi connectivity index (χ4n) is 2.96. The molecular formula is C24H23N5O2. The fraction of sp³-hybridized carbons (Fsp3) is 0.125. The first-order chi connectivity index (χ1) is 15.2. The second-order valence-corrected chi connectivity index (χ2v) is 6.82. The van der Waals surface area contributed by atoms with E-state index in [1.54, 1.807) is 19.5 Å². The Labute approximate surface area is 180 Å². The van der Waals surface area contributed by atoms with E-state index in [1.807, 2.05) is 84.6 Å². The number of benzene rings is 1. The molecule has 7 nitrogen and oxygen atoms in total. The van der Waals surface area contributed by atoms with Crippen LogP contribution < -0.4 is 9.47 Å². The summed E-state index contributed by atoms with van der Waals surface area (Å²) in [4.78, 5) is 8.53. The van der Waals surface area contributed by atoms with Crippen LogP contribution in [-0.4, -0.2) is 31.8 Å². The van der Waals surface area contributed by atoms with Gasteiger partial charge in [-0.1, -0.05) is 6.07 Å². The van der Waals surface area contributed by atoms with Gasteiger partial charge in [0.05, 0.1) is 24.2 Å². The predicted molar refractivity (Wildman–Crippen MR) is 121 cm³/mol. The summed E-state index contributed by atoms with van der Waals surface area (Å²) in [7, 11) is 3.60. The highest BCUT2D eigenvalue weighted by molar-refractivity contribution is 5.73. The number of methoxy groups -OCH3 is 1. The van der Waals surface area contributed by atoms with Crippen molar-refractivity contribution in [3.05, 3.63) is 89.5 Å². The van der Waals surface area contributed by atoms with Gasteiger partial charge in [0.2, 0.25) is 0 Å². The minimum Gasteiger partial charge on any atom is -0.496 e. The first-order valence-corrected chi connectivity index (χ1v) is 9.81. The van der Waals surface area contributed by atoms with Crippen LogP contribution >= 0.6 is 0 Å². The van der Waals surface area contributed by atoms with Gasteiger partial charge in [-0.05, 0) is 54.6 Å². The van der Waals surface area contributed by atoms with Crippen LogP contribution in [0.25, 0.3) is 24.3 Å². The van der Waals surface area contributed by atoms with E-state index in [9.17, 15) is 0 Å². The first-order valence-electron chi connectivity index (χ1n) is 9.81. The van der Waals surface area contributed by atoms with Gasteiger partial charge in [0.15, 0.2) is 0 Å². The lowest BCUT2D eigenvalue weighted by Crippen LogP contribution is -1.98. The molecule has 1 N–H and O–H groups in total. The third kappa shape index (κ3) is 5.27. The highest BCUT2D eigenvalue weighted by Crippen LogP contribution is 2.27. The summed E-state index contributed by atoms with van der Waals surface area (Å²) >= 11 is 0. The van der Waals surface area contributed by atoms with Crippen LogP contribution in [0.15, 0.2) is 61.1 Å². The van der Waals surface area contributed by atoms with Gasteiger partial charge in [-0.25, -0.2) is 4.98 Å². The summed E-state index contributed by atoms with van der Waals surface area (Å²) in [6.07, 6.45) is 13.2. The van der Waals surface area contributed by atoms with Crippen LogP contribution in [0.1, 0.15) is 28.5 Å². The normalized spacial score (nSPS) is 11.4. The number of pyridine rings is 1. The third-order valence-electron chi connectivity index (χ3n) is 4.64. The van der Waals surface area contributed by atoms with Crippen molar-refractivity contribution >= 4 is 24.3 Å². The Hall–Kier alpha value is -4.13. The summed E-state index contributed by atoms with van der Waals surface area (Å²) in [5, 5.41) is 7.34. The van der Waals surface area contributed by atoms with Crippen molar-refractivity contribution < 1.29 is 9.47 Å². The van der Waals surface area contributed by atoms with Gasteiger partial charge >= 0.3 is 0 Å². The Morgan fingerprint density at radius 2 is 1.94 bits per heavy atom. The summed E-state index contributed by atoms with van der Waals surface area (Å²) in [5.41, 5.74) is 3.52. The SMILES string of the molecule is COc1cc(OCc2ccccn2)ccc1C=Cc1cc(/C=C/c2nccn2C)[nH]n1. The molecule has 156 valence electrons. The van der Waals surface area contributed by atoms with Crippen molar-refractivity contribution in [2.24, 2.45) is 7.05 Å². The highest BCUT2D eigenvalue weighted by atomic mass is 16.5. The van der Waals surface area contributed by atoms with E-state index in [1.165, 1.54) is 0 Å². The van der Waals surface area contributed by atoms with Crippen LogP contribution in [0.5, 0.6) is 11.5 Å². The van der Waals surface area contributed by atoms with Crippen molar-refractivity contribution in [3.8, 4) is 11.5 Å². The molecule has 4 rings (SSSR count). The zero-order valence-electron chi connectivity index (χ0n) is 17.4. The van der Waals surface area contributed by atoms with Gasteiger partial charge in [-0.15, -0.1) is 0 Å². The van der Waals surface area contributed by atoms with Crippen molar-refractivity contribution in [2.45, 2.75) is 6.61 Å². The van der Waals surface area contributed by atoms with E-state index in [4.69, 9.17) is 9.47 Å². The number of rotatable bonds is 8. The van der Waals surface area contributed by atoms with Crippen molar-refractivity contribution in [1.82, 2.24) is 24.7 Å². The van der Waals surface area contributed by atoms with Crippen LogP contribution in [-0.2, 0) is 13.7 Å². The Bertz CT molecular complexity index is 1190. The van der Waals surface area contributed by atoms with Gasteiger partial charge in [-0.3, -0.25) is 10.1 Å². The molecule has 0 saturated heterocycles. The maximum Gasteiger partial charge on any atom is 0.132 e. The van der Waals surface area contributed by atoms with Gasteiger partial charge in [0.1, 0.15) is 23.9 Å². The number of aryl methyl sites for hydroxylation is 1. The molecule has 0 aliphatic carbocycles. The Morgan fingerprint density at radius 1 is 1.00 bits per heavy atom. The van der Waals surface area contributed by atoms with Crippen LogP contribution in [0.2, 0.25) is 0 Å². The lowest BCUT2D eigenvalue weighted by molar-refractivity contribution is 0.299. The molecule has 3 heterocycles. The van der Waals surface area contributed by atoms with E-state index in [-0.39, 0.29) is 0 Å². The first kappa shape index (κ1) is 20.2. The second-order valence-electron chi connectivity index (χ2n) is 6.82. The van der Waals surface area contributed by atoms with Crippen LogP contribution in [0.4, 0.5) is 0 Å². The Morgan fingerprint density at radius 3 is 2.71 bits per heavy atom. The van der Waals surface area contributed by atoms with Gasteiger partial charge in [0.25, 0.3) is 0 Å².